The molecule has 0 saturated heterocycles. The van der Waals surface area contributed by atoms with Gasteiger partial charge in [-0.1, -0.05) is 0 Å². The van der Waals surface area contributed by atoms with E-state index in [4.69, 9.17) is 9.68 Å². The van der Waals surface area contributed by atoms with E-state index in [-0.39, 0.29) is 16.9 Å². The Bertz CT molecular complexity index is 769. The smallest absolute Gasteiger partial charge is 0.341 e. The van der Waals surface area contributed by atoms with Crippen LogP contribution >= 0.6 is 11.3 Å². The molecule has 0 bridgehead atoms. The molecule has 0 fully saturated rings. The zero-order valence-electron chi connectivity index (χ0n) is 11.7. The SMILES string of the molecule is COC(=O)c1cc(/C=C(\C#N)C(=O)Nc2nccs2)oc1C. The molecule has 0 aromatic carbocycles. The maximum atomic E-state index is 12.0. The van der Waals surface area contributed by atoms with Crippen LogP contribution in [0.4, 0.5) is 5.13 Å². The van der Waals surface area contributed by atoms with Gasteiger partial charge in [0, 0.05) is 17.7 Å². The second-order valence-corrected chi connectivity index (χ2v) is 4.97. The van der Waals surface area contributed by atoms with Gasteiger partial charge in [-0.25, -0.2) is 9.78 Å². The summed E-state index contributed by atoms with van der Waals surface area (Å²) >= 11 is 1.23. The molecule has 1 N–H and O–H groups in total. The van der Waals surface area contributed by atoms with Gasteiger partial charge in [-0.2, -0.15) is 5.26 Å². The van der Waals surface area contributed by atoms with Crippen LogP contribution in [0.5, 0.6) is 0 Å². The molecule has 0 atom stereocenters. The maximum Gasteiger partial charge on any atom is 0.341 e. The lowest BCUT2D eigenvalue weighted by molar-refractivity contribution is -0.112. The van der Waals surface area contributed by atoms with Gasteiger partial charge in [0.2, 0.25) is 0 Å². The number of anilines is 1. The predicted molar refractivity (Wildman–Crippen MR) is 79.1 cm³/mol. The van der Waals surface area contributed by atoms with Gasteiger partial charge in [-0.3, -0.25) is 10.1 Å². The van der Waals surface area contributed by atoms with Gasteiger partial charge < -0.3 is 9.15 Å². The quantitative estimate of drug-likeness (QED) is 0.527. The lowest BCUT2D eigenvalue weighted by atomic mass is 10.2. The Labute approximate surface area is 129 Å². The molecule has 112 valence electrons. The van der Waals surface area contributed by atoms with Crippen LogP contribution in [0.3, 0.4) is 0 Å². The van der Waals surface area contributed by atoms with Crippen molar-refractivity contribution in [3.63, 3.8) is 0 Å². The molecule has 2 aromatic rings. The summed E-state index contributed by atoms with van der Waals surface area (Å²) in [6.07, 6.45) is 2.79. The zero-order valence-corrected chi connectivity index (χ0v) is 12.6. The van der Waals surface area contributed by atoms with E-state index in [1.165, 1.54) is 36.8 Å². The number of nitrogens with one attached hydrogen (secondary N) is 1. The highest BCUT2D eigenvalue weighted by molar-refractivity contribution is 7.13. The number of ether oxygens (including phenoxy) is 1. The van der Waals surface area contributed by atoms with Crippen molar-refractivity contribution in [2.45, 2.75) is 6.92 Å². The predicted octanol–water partition coefficient (Wildman–Crippen LogP) is 2.38. The molecule has 22 heavy (non-hydrogen) atoms. The minimum atomic E-state index is -0.605. The van der Waals surface area contributed by atoms with Crippen LogP contribution in [0.25, 0.3) is 6.08 Å². The molecule has 2 rings (SSSR count). The van der Waals surface area contributed by atoms with Gasteiger partial charge in [0.25, 0.3) is 5.91 Å². The van der Waals surface area contributed by atoms with Gasteiger partial charge in [0.1, 0.15) is 28.7 Å². The van der Waals surface area contributed by atoms with Crippen LogP contribution < -0.4 is 5.32 Å². The number of furan rings is 1. The van der Waals surface area contributed by atoms with Crippen molar-refractivity contribution < 1.29 is 18.7 Å². The molecular formula is C14H11N3O4S. The third-order valence-corrected chi connectivity index (χ3v) is 3.34. The van der Waals surface area contributed by atoms with E-state index in [1.807, 2.05) is 0 Å². The highest BCUT2D eigenvalue weighted by Crippen LogP contribution is 2.19. The van der Waals surface area contributed by atoms with Gasteiger partial charge in [-0.15, -0.1) is 11.3 Å². The minimum absolute atomic E-state index is 0.166. The van der Waals surface area contributed by atoms with Gasteiger partial charge >= 0.3 is 5.97 Å². The Morgan fingerprint density at radius 1 is 1.55 bits per heavy atom. The summed E-state index contributed by atoms with van der Waals surface area (Å²) in [6, 6.07) is 3.20. The molecule has 0 aliphatic heterocycles. The molecule has 1 amide bonds. The first-order valence-electron chi connectivity index (χ1n) is 6.06. The molecular weight excluding hydrogens is 306 g/mol. The molecule has 0 unspecified atom stereocenters. The van der Waals surface area contributed by atoms with Crippen molar-refractivity contribution in [2.24, 2.45) is 0 Å². The first-order chi connectivity index (χ1) is 10.5. The number of amides is 1. The number of hydrogen-bond donors (Lipinski definition) is 1. The van der Waals surface area contributed by atoms with Crippen molar-refractivity contribution in [3.8, 4) is 6.07 Å². The summed E-state index contributed by atoms with van der Waals surface area (Å²) in [6.45, 7) is 1.59. The van der Waals surface area contributed by atoms with E-state index >= 15 is 0 Å². The summed E-state index contributed by atoms with van der Waals surface area (Å²) in [5, 5.41) is 13.7. The first kappa shape index (κ1) is 15.5. The van der Waals surface area contributed by atoms with E-state index in [1.54, 1.807) is 18.4 Å². The van der Waals surface area contributed by atoms with Crippen LogP contribution in [0, 0.1) is 18.3 Å². The highest BCUT2D eigenvalue weighted by atomic mass is 32.1. The van der Waals surface area contributed by atoms with Crippen molar-refractivity contribution in [1.82, 2.24) is 4.98 Å². The van der Waals surface area contributed by atoms with Crippen molar-refractivity contribution >= 4 is 34.4 Å². The van der Waals surface area contributed by atoms with E-state index in [2.05, 4.69) is 15.0 Å². The lowest BCUT2D eigenvalue weighted by Crippen LogP contribution is -2.13. The average Bonchev–Trinajstić information content (AvgIpc) is 3.13. The standard InChI is InChI=1S/C14H11N3O4S/c1-8-11(13(19)20-2)6-10(21-8)5-9(7-15)12(18)17-14-16-3-4-22-14/h3-6H,1-2H3,(H,16,17,18)/b9-5+. The lowest BCUT2D eigenvalue weighted by Gasteiger charge is -1.98. The van der Waals surface area contributed by atoms with E-state index in [0.29, 0.717) is 10.9 Å². The van der Waals surface area contributed by atoms with Crippen LogP contribution in [0.15, 0.2) is 27.6 Å². The van der Waals surface area contributed by atoms with E-state index in [0.717, 1.165) is 0 Å². The highest BCUT2D eigenvalue weighted by Gasteiger charge is 2.16. The van der Waals surface area contributed by atoms with Gasteiger partial charge in [0.15, 0.2) is 5.13 Å². The average molecular weight is 317 g/mol. The number of hydrogen-bond acceptors (Lipinski definition) is 7. The second kappa shape index (κ2) is 6.69. The molecule has 0 radical (unpaired) electrons. The molecule has 2 heterocycles. The fraction of sp³-hybridized carbons (Fsp3) is 0.143. The number of aryl methyl sites for hydroxylation is 1. The van der Waals surface area contributed by atoms with Gasteiger partial charge in [0.05, 0.1) is 7.11 Å². The molecule has 7 nitrogen and oxygen atoms in total. The number of carbonyl (C=O) groups excluding carboxylic acids is 2. The summed E-state index contributed by atoms with van der Waals surface area (Å²) in [4.78, 5) is 27.4. The van der Waals surface area contributed by atoms with Gasteiger partial charge in [-0.05, 0) is 13.0 Å². The molecule has 0 saturated carbocycles. The topological polar surface area (TPSA) is 105 Å². The van der Waals surface area contributed by atoms with Crippen LogP contribution in [-0.2, 0) is 9.53 Å². The molecule has 8 heteroatoms. The third kappa shape index (κ3) is 3.39. The van der Waals surface area contributed by atoms with E-state index in [9.17, 15) is 9.59 Å². The number of nitrogens with zero attached hydrogens (tertiary/aromatic N) is 2. The summed E-state index contributed by atoms with van der Waals surface area (Å²) in [7, 11) is 1.26. The first-order valence-corrected chi connectivity index (χ1v) is 6.94. The Hall–Kier alpha value is -2.92. The molecule has 0 aliphatic rings. The number of aromatic nitrogens is 1. The zero-order chi connectivity index (χ0) is 16.1. The van der Waals surface area contributed by atoms with Crippen LogP contribution in [0.1, 0.15) is 21.9 Å². The monoisotopic (exact) mass is 317 g/mol. The summed E-state index contributed by atoms with van der Waals surface area (Å²) in [5.74, 6) is -0.600. The molecule has 2 aromatic heterocycles. The fourth-order valence-electron chi connectivity index (χ4n) is 1.63. The number of methoxy groups -OCH3 is 1. The number of esters is 1. The Morgan fingerprint density at radius 2 is 2.32 bits per heavy atom. The minimum Gasteiger partial charge on any atom is -0.465 e. The van der Waals surface area contributed by atoms with Crippen molar-refractivity contribution in [1.29, 1.82) is 5.26 Å². The van der Waals surface area contributed by atoms with E-state index < -0.39 is 11.9 Å². The van der Waals surface area contributed by atoms with Crippen molar-refractivity contribution in [2.75, 3.05) is 12.4 Å². The maximum absolute atomic E-state index is 12.0. The largest absolute Gasteiger partial charge is 0.465 e. The fourth-order valence-corrected chi connectivity index (χ4v) is 2.15. The van der Waals surface area contributed by atoms with Crippen LogP contribution in [-0.4, -0.2) is 24.0 Å². The Balaban J connectivity index is 2.24. The number of carbonyl (C=O) groups is 2. The molecule has 0 aliphatic carbocycles. The summed E-state index contributed by atoms with van der Waals surface area (Å²) in [5.41, 5.74) is 0.0757. The Kier molecular flexibility index (Phi) is 4.70. The number of rotatable bonds is 4. The Morgan fingerprint density at radius 3 is 2.91 bits per heavy atom. The number of thiazole rings is 1. The van der Waals surface area contributed by atoms with Crippen LogP contribution in [0.2, 0.25) is 0 Å². The third-order valence-electron chi connectivity index (χ3n) is 2.65. The molecule has 0 spiro atoms. The summed E-state index contributed by atoms with van der Waals surface area (Å²) < 4.78 is 9.94. The number of nitriles is 1. The normalized spacial score (nSPS) is 10.9. The van der Waals surface area contributed by atoms with Crippen molar-refractivity contribution in [3.05, 3.63) is 40.3 Å². The second-order valence-electron chi connectivity index (χ2n) is 4.07.